The number of morpholine rings is 1. The number of carbonyl (C=O) groups is 1. The van der Waals surface area contributed by atoms with E-state index < -0.39 is 11.7 Å². The molecule has 6 rings (SSSR count). The minimum atomic E-state index is -4.33. The smallest absolute Gasteiger partial charge is 0.378 e. The molecule has 2 aliphatic heterocycles. The van der Waals surface area contributed by atoms with Crippen molar-refractivity contribution in [2.75, 3.05) is 63.9 Å². The number of rotatable bonds is 9. The minimum absolute atomic E-state index is 0.0723. The molecular weight excluding hydrogens is 581 g/mol. The molecule has 3 heterocycles. The van der Waals surface area contributed by atoms with E-state index in [-0.39, 0.29) is 12.5 Å². The average Bonchev–Trinajstić information content (AvgIpc) is 3.50. The topological polar surface area (TPSA) is 65.9 Å². The maximum atomic E-state index is 12.9. The highest BCUT2D eigenvalue weighted by molar-refractivity contribution is 5.78. The second-order valence-corrected chi connectivity index (χ2v) is 11.4. The van der Waals surface area contributed by atoms with Crippen LogP contribution >= 0.6 is 0 Å². The fourth-order valence-corrected chi connectivity index (χ4v) is 5.76. The van der Waals surface area contributed by atoms with Gasteiger partial charge in [0.15, 0.2) is 0 Å². The van der Waals surface area contributed by atoms with Crippen LogP contribution in [0.5, 0.6) is 0 Å². The number of para-hydroxylation sites is 1. The van der Waals surface area contributed by atoms with E-state index in [0.717, 1.165) is 79.7 Å². The number of halogens is 3. The molecule has 1 N–H and O–H groups in total. The van der Waals surface area contributed by atoms with E-state index in [1.54, 1.807) is 0 Å². The number of hydrogen-bond donors (Lipinski definition) is 1. The van der Waals surface area contributed by atoms with Crippen LogP contribution in [-0.4, -0.2) is 84.5 Å². The van der Waals surface area contributed by atoms with E-state index in [0.29, 0.717) is 26.2 Å². The third-order valence-corrected chi connectivity index (χ3v) is 8.29. The summed E-state index contributed by atoms with van der Waals surface area (Å²) in [4.78, 5) is 19.5. The van der Waals surface area contributed by atoms with Crippen LogP contribution in [0.1, 0.15) is 16.8 Å². The quantitative estimate of drug-likeness (QED) is 0.290. The molecule has 45 heavy (non-hydrogen) atoms. The molecule has 1 aromatic heterocycles. The van der Waals surface area contributed by atoms with Gasteiger partial charge in [0, 0.05) is 57.1 Å². The van der Waals surface area contributed by atoms with Crippen LogP contribution in [0.3, 0.4) is 0 Å². The number of ether oxygens (including phenoxy) is 1. The molecule has 2 aliphatic rings. The SMILES string of the molecule is O=C(CN1CCN(Cc2ccc(C(F)(F)F)cc2)CC1)NCc1cc(-c2ccc(N3CCOCC3)cc2)n(-c2ccccc2)n1. The monoisotopic (exact) mass is 618 g/mol. The van der Waals surface area contributed by atoms with Crippen LogP contribution in [-0.2, 0) is 28.8 Å². The molecule has 2 fully saturated rings. The zero-order valence-electron chi connectivity index (χ0n) is 25.0. The van der Waals surface area contributed by atoms with Gasteiger partial charge in [0.1, 0.15) is 0 Å². The molecule has 0 saturated carbocycles. The van der Waals surface area contributed by atoms with Crippen molar-refractivity contribution in [1.29, 1.82) is 0 Å². The zero-order chi connectivity index (χ0) is 31.2. The molecule has 0 unspecified atom stereocenters. The summed E-state index contributed by atoms with van der Waals surface area (Å²) in [7, 11) is 0. The Balaban J connectivity index is 1.03. The van der Waals surface area contributed by atoms with Gasteiger partial charge in [0.25, 0.3) is 0 Å². The molecule has 2 saturated heterocycles. The Morgan fingerprint density at radius 2 is 1.47 bits per heavy atom. The van der Waals surface area contributed by atoms with Crippen molar-refractivity contribution in [3.05, 3.63) is 102 Å². The third-order valence-electron chi connectivity index (χ3n) is 8.29. The standard InChI is InChI=1S/C34H37F3N6O2/c35-34(36,37)28-10-6-26(7-11-28)24-40-14-16-41(17-15-40)25-33(44)38-23-29-22-32(43(39-29)31-4-2-1-3-5-31)27-8-12-30(13-9-27)42-18-20-45-21-19-42/h1-13,22H,14-21,23-25H2,(H,38,44). The Morgan fingerprint density at radius 3 is 2.13 bits per heavy atom. The Morgan fingerprint density at radius 1 is 0.800 bits per heavy atom. The summed E-state index contributed by atoms with van der Waals surface area (Å²) in [5.74, 6) is -0.0723. The maximum absolute atomic E-state index is 12.9. The summed E-state index contributed by atoms with van der Waals surface area (Å²) >= 11 is 0. The molecule has 4 aromatic rings. The molecule has 8 nitrogen and oxygen atoms in total. The number of anilines is 1. The Labute approximate surface area is 261 Å². The lowest BCUT2D eigenvalue weighted by Crippen LogP contribution is -2.49. The fourth-order valence-electron chi connectivity index (χ4n) is 5.76. The van der Waals surface area contributed by atoms with Crippen LogP contribution in [0, 0.1) is 0 Å². The van der Waals surface area contributed by atoms with Gasteiger partial charge in [-0.3, -0.25) is 14.6 Å². The first kappa shape index (κ1) is 30.8. The zero-order valence-corrected chi connectivity index (χ0v) is 25.0. The Bertz CT molecular complexity index is 1540. The van der Waals surface area contributed by atoms with Gasteiger partial charge >= 0.3 is 6.18 Å². The van der Waals surface area contributed by atoms with Crippen LogP contribution < -0.4 is 10.2 Å². The van der Waals surface area contributed by atoms with Crippen molar-refractivity contribution in [3.8, 4) is 16.9 Å². The molecule has 236 valence electrons. The lowest BCUT2D eigenvalue weighted by molar-refractivity contribution is -0.137. The molecule has 0 atom stereocenters. The Kier molecular flexibility index (Phi) is 9.48. The first-order valence-corrected chi connectivity index (χ1v) is 15.3. The summed E-state index contributed by atoms with van der Waals surface area (Å²) in [6, 6.07) is 25.8. The molecule has 0 radical (unpaired) electrons. The van der Waals surface area contributed by atoms with Gasteiger partial charge in [0.05, 0.1) is 48.9 Å². The van der Waals surface area contributed by atoms with Crippen molar-refractivity contribution in [1.82, 2.24) is 24.9 Å². The number of benzene rings is 3. The highest BCUT2D eigenvalue weighted by Crippen LogP contribution is 2.30. The molecule has 0 spiro atoms. The largest absolute Gasteiger partial charge is 0.416 e. The normalized spacial score (nSPS) is 16.6. The van der Waals surface area contributed by atoms with E-state index in [4.69, 9.17) is 9.84 Å². The maximum Gasteiger partial charge on any atom is 0.416 e. The molecule has 0 bridgehead atoms. The molecule has 0 aliphatic carbocycles. The fraction of sp³-hybridized carbons (Fsp3) is 0.353. The van der Waals surface area contributed by atoms with E-state index in [2.05, 4.69) is 44.3 Å². The highest BCUT2D eigenvalue weighted by Gasteiger charge is 2.30. The van der Waals surface area contributed by atoms with Gasteiger partial charge in [-0.15, -0.1) is 0 Å². The molecule has 3 aromatic carbocycles. The van der Waals surface area contributed by atoms with Crippen LogP contribution in [0.25, 0.3) is 16.9 Å². The van der Waals surface area contributed by atoms with Crippen molar-refractivity contribution in [2.45, 2.75) is 19.3 Å². The summed E-state index contributed by atoms with van der Waals surface area (Å²) in [5.41, 5.74) is 5.07. The van der Waals surface area contributed by atoms with Gasteiger partial charge in [-0.25, -0.2) is 4.68 Å². The number of alkyl halides is 3. The number of nitrogens with one attached hydrogen (secondary N) is 1. The summed E-state index contributed by atoms with van der Waals surface area (Å²) < 4.78 is 45.9. The van der Waals surface area contributed by atoms with E-state index in [9.17, 15) is 18.0 Å². The lowest BCUT2D eigenvalue weighted by Gasteiger charge is -2.34. The number of hydrogen-bond acceptors (Lipinski definition) is 6. The first-order valence-electron chi connectivity index (χ1n) is 15.3. The highest BCUT2D eigenvalue weighted by atomic mass is 19.4. The third kappa shape index (κ3) is 7.91. The van der Waals surface area contributed by atoms with Crippen LogP contribution in [0.15, 0.2) is 84.9 Å². The number of aromatic nitrogens is 2. The van der Waals surface area contributed by atoms with E-state index in [1.807, 2.05) is 41.1 Å². The number of nitrogens with zero attached hydrogens (tertiary/aromatic N) is 5. The van der Waals surface area contributed by atoms with Crippen molar-refractivity contribution < 1.29 is 22.7 Å². The van der Waals surface area contributed by atoms with Crippen molar-refractivity contribution >= 4 is 11.6 Å². The minimum Gasteiger partial charge on any atom is -0.378 e. The van der Waals surface area contributed by atoms with E-state index in [1.165, 1.54) is 17.8 Å². The van der Waals surface area contributed by atoms with Crippen LogP contribution in [0.2, 0.25) is 0 Å². The second-order valence-electron chi connectivity index (χ2n) is 11.4. The summed E-state index contributed by atoms with van der Waals surface area (Å²) in [6.07, 6.45) is -4.33. The summed E-state index contributed by atoms with van der Waals surface area (Å²) in [5, 5.41) is 7.88. The second kappa shape index (κ2) is 13.8. The lowest BCUT2D eigenvalue weighted by atomic mass is 10.1. The van der Waals surface area contributed by atoms with Crippen LogP contribution in [0.4, 0.5) is 18.9 Å². The van der Waals surface area contributed by atoms with Crippen molar-refractivity contribution in [3.63, 3.8) is 0 Å². The first-order chi connectivity index (χ1) is 21.8. The van der Waals surface area contributed by atoms with Gasteiger partial charge < -0.3 is 15.0 Å². The van der Waals surface area contributed by atoms with Gasteiger partial charge in [-0.1, -0.05) is 42.5 Å². The molecule has 1 amide bonds. The molecule has 11 heteroatoms. The number of amides is 1. The molecular formula is C34H37F3N6O2. The number of piperazine rings is 1. The van der Waals surface area contributed by atoms with Gasteiger partial charge in [-0.2, -0.15) is 18.3 Å². The van der Waals surface area contributed by atoms with E-state index >= 15 is 0 Å². The number of carbonyl (C=O) groups excluding carboxylic acids is 1. The van der Waals surface area contributed by atoms with Crippen molar-refractivity contribution in [2.24, 2.45) is 0 Å². The average molecular weight is 619 g/mol. The Hall–Kier alpha value is -4.19. The van der Waals surface area contributed by atoms with Gasteiger partial charge in [-0.05, 0) is 48.0 Å². The predicted molar refractivity (Wildman–Crippen MR) is 167 cm³/mol. The van der Waals surface area contributed by atoms with Gasteiger partial charge in [0.2, 0.25) is 5.91 Å². The summed E-state index contributed by atoms with van der Waals surface area (Å²) in [6.45, 7) is 7.30. The predicted octanol–water partition coefficient (Wildman–Crippen LogP) is 4.83.